The van der Waals surface area contributed by atoms with Gasteiger partial charge < -0.3 is 15.0 Å². The standard InChI is InChI=1S/C27H39N3O5S/c1-7-20(4)28-27(32)24(9-3)29(18-21-13-12-15-23(17-21)35-5)26(31)19-30(36(6,33)34)25-16-11-10-14-22(25)8-2/h10-17,20,24H,7-9,18-19H2,1-6H3,(H,28,32)/t20-,24-/m1/s1. The number of benzene rings is 2. The molecule has 0 saturated heterocycles. The van der Waals surface area contributed by atoms with Crippen LogP contribution >= 0.6 is 0 Å². The minimum absolute atomic E-state index is 0.0516. The molecule has 2 atom stereocenters. The van der Waals surface area contributed by atoms with Crippen LogP contribution in [0.4, 0.5) is 5.69 Å². The summed E-state index contributed by atoms with van der Waals surface area (Å²) in [6, 6.07) is 13.6. The van der Waals surface area contributed by atoms with Crippen molar-refractivity contribution < 1.29 is 22.7 Å². The van der Waals surface area contributed by atoms with E-state index >= 15 is 0 Å². The minimum Gasteiger partial charge on any atom is -0.497 e. The number of amides is 2. The predicted molar refractivity (Wildman–Crippen MR) is 144 cm³/mol. The number of anilines is 1. The summed E-state index contributed by atoms with van der Waals surface area (Å²) in [6.07, 6.45) is 2.83. The summed E-state index contributed by atoms with van der Waals surface area (Å²) < 4.78 is 32.1. The molecular weight excluding hydrogens is 478 g/mol. The molecule has 0 saturated carbocycles. The summed E-state index contributed by atoms with van der Waals surface area (Å²) in [5, 5.41) is 2.97. The van der Waals surface area contributed by atoms with Crippen molar-refractivity contribution in [3.63, 3.8) is 0 Å². The van der Waals surface area contributed by atoms with E-state index in [0.717, 1.165) is 28.1 Å². The number of rotatable bonds is 13. The summed E-state index contributed by atoms with van der Waals surface area (Å²) in [5.41, 5.74) is 2.06. The molecule has 0 fully saturated rings. The van der Waals surface area contributed by atoms with Gasteiger partial charge in [-0.15, -0.1) is 0 Å². The molecule has 0 heterocycles. The van der Waals surface area contributed by atoms with E-state index in [1.807, 2.05) is 52.0 Å². The molecule has 1 N–H and O–H groups in total. The maximum atomic E-state index is 13.8. The molecule has 2 aromatic rings. The van der Waals surface area contributed by atoms with Gasteiger partial charge in [-0.3, -0.25) is 13.9 Å². The smallest absolute Gasteiger partial charge is 0.244 e. The fourth-order valence-corrected chi connectivity index (χ4v) is 4.86. The second-order valence-corrected chi connectivity index (χ2v) is 10.8. The summed E-state index contributed by atoms with van der Waals surface area (Å²) in [7, 11) is -2.21. The maximum Gasteiger partial charge on any atom is 0.244 e. The molecule has 0 aromatic heterocycles. The Balaban J connectivity index is 2.49. The number of hydrogen-bond donors (Lipinski definition) is 1. The molecule has 0 spiro atoms. The van der Waals surface area contributed by atoms with Gasteiger partial charge in [0.25, 0.3) is 0 Å². The Hall–Kier alpha value is -3.07. The van der Waals surface area contributed by atoms with Crippen molar-refractivity contribution in [1.29, 1.82) is 0 Å². The van der Waals surface area contributed by atoms with Crippen molar-refractivity contribution >= 4 is 27.5 Å². The molecule has 0 radical (unpaired) electrons. The number of nitrogens with zero attached hydrogens (tertiary/aromatic N) is 2. The highest BCUT2D eigenvalue weighted by Gasteiger charge is 2.32. The average Bonchev–Trinajstić information content (AvgIpc) is 2.86. The number of para-hydroxylation sites is 1. The third-order valence-electron chi connectivity index (χ3n) is 6.19. The van der Waals surface area contributed by atoms with E-state index in [0.29, 0.717) is 24.3 Å². The number of hydrogen-bond acceptors (Lipinski definition) is 5. The monoisotopic (exact) mass is 517 g/mol. The fraction of sp³-hybridized carbons (Fsp3) is 0.481. The van der Waals surface area contributed by atoms with Crippen LogP contribution in [0.1, 0.15) is 51.7 Å². The third-order valence-corrected chi connectivity index (χ3v) is 7.32. The fourth-order valence-electron chi connectivity index (χ4n) is 3.98. The van der Waals surface area contributed by atoms with Gasteiger partial charge in [0.2, 0.25) is 21.8 Å². The molecule has 2 amide bonds. The Morgan fingerprint density at radius 1 is 1.03 bits per heavy atom. The van der Waals surface area contributed by atoms with Crippen molar-refractivity contribution in [3.05, 3.63) is 59.7 Å². The first-order valence-electron chi connectivity index (χ1n) is 12.3. The highest BCUT2D eigenvalue weighted by atomic mass is 32.2. The van der Waals surface area contributed by atoms with Crippen molar-refractivity contribution in [2.24, 2.45) is 0 Å². The van der Waals surface area contributed by atoms with Crippen molar-refractivity contribution in [2.45, 2.75) is 65.6 Å². The molecule has 0 aliphatic rings. The second-order valence-electron chi connectivity index (χ2n) is 8.87. The van der Waals surface area contributed by atoms with Gasteiger partial charge in [0.15, 0.2) is 0 Å². The van der Waals surface area contributed by atoms with Crippen LogP contribution in [0.25, 0.3) is 0 Å². The van der Waals surface area contributed by atoms with Gasteiger partial charge in [-0.25, -0.2) is 8.42 Å². The van der Waals surface area contributed by atoms with Crippen LogP contribution in [0.5, 0.6) is 5.75 Å². The average molecular weight is 518 g/mol. The minimum atomic E-state index is -3.77. The largest absolute Gasteiger partial charge is 0.497 e. The quantitative estimate of drug-likeness (QED) is 0.437. The highest BCUT2D eigenvalue weighted by Crippen LogP contribution is 2.25. The lowest BCUT2D eigenvalue weighted by atomic mass is 10.1. The zero-order valence-electron chi connectivity index (χ0n) is 22.2. The Morgan fingerprint density at radius 2 is 1.72 bits per heavy atom. The molecule has 36 heavy (non-hydrogen) atoms. The summed E-state index contributed by atoms with van der Waals surface area (Å²) in [5.74, 6) is -0.0881. The van der Waals surface area contributed by atoms with Gasteiger partial charge in [0, 0.05) is 12.6 Å². The number of methoxy groups -OCH3 is 1. The summed E-state index contributed by atoms with van der Waals surface area (Å²) >= 11 is 0. The van der Waals surface area contributed by atoms with Crippen LogP contribution in [0, 0.1) is 0 Å². The SMILES string of the molecule is CCc1ccccc1N(CC(=O)N(Cc1cccc(OC)c1)[C@H](CC)C(=O)N[C@H](C)CC)S(C)(=O)=O. The first kappa shape index (κ1) is 29.2. The van der Waals surface area contributed by atoms with Crippen LogP contribution in [-0.4, -0.2) is 57.1 Å². The van der Waals surface area contributed by atoms with Crippen LogP contribution in [0.2, 0.25) is 0 Å². The summed E-state index contributed by atoms with van der Waals surface area (Å²) in [4.78, 5) is 28.5. The van der Waals surface area contributed by atoms with E-state index in [4.69, 9.17) is 4.74 Å². The van der Waals surface area contributed by atoms with E-state index in [9.17, 15) is 18.0 Å². The van der Waals surface area contributed by atoms with E-state index in [2.05, 4.69) is 5.32 Å². The Morgan fingerprint density at radius 3 is 2.31 bits per heavy atom. The van der Waals surface area contributed by atoms with E-state index in [-0.39, 0.29) is 18.5 Å². The predicted octanol–water partition coefficient (Wildman–Crippen LogP) is 3.75. The van der Waals surface area contributed by atoms with Crippen molar-refractivity contribution in [1.82, 2.24) is 10.2 Å². The number of aryl methyl sites for hydroxylation is 1. The molecule has 2 aromatic carbocycles. The third kappa shape index (κ3) is 7.71. The molecule has 198 valence electrons. The lowest BCUT2D eigenvalue weighted by molar-refractivity contribution is -0.140. The Kier molecular flexibility index (Phi) is 10.8. The first-order valence-corrected chi connectivity index (χ1v) is 14.2. The van der Waals surface area contributed by atoms with E-state index in [1.165, 1.54) is 4.90 Å². The lowest BCUT2D eigenvalue weighted by Crippen LogP contribution is -2.53. The molecule has 8 nitrogen and oxygen atoms in total. The van der Waals surface area contributed by atoms with Gasteiger partial charge in [-0.2, -0.15) is 0 Å². The van der Waals surface area contributed by atoms with Crippen LogP contribution in [0.15, 0.2) is 48.5 Å². The first-order chi connectivity index (χ1) is 17.0. The lowest BCUT2D eigenvalue weighted by Gasteiger charge is -2.33. The highest BCUT2D eigenvalue weighted by molar-refractivity contribution is 7.92. The Labute approximate surface area is 215 Å². The number of carbonyl (C=O) groups is 2. The van der Waals surface area contributed by atoms with Crippen molar-refractivity contribution in [3.8, 4) is 5.75 Å². The maximum absolute atomic E-state index is 13.8. The molecule has 2 rings (SSSR count). The Bertz CT molecular complexity index is 1140. The van der Waals surface area contributed by atoms with Crippen molar-refractivity contribution in [2.75, 3.05) is 24.2 Å². The van der Waals surface area contributed by atoms with E-state index in [1.54, 1.807) is 31.4 Å². The number of carbonyl (C=O) groups excluding carboxylic acids is 2. The molecule has 0 aliphatic heterocycles. The number of ether oxygens (including phenoxy) is 1. The molecule has 0 bridgehead atoms. The normalized spacial score (nSPS) is 12.9. The van der Waals surface area contributed by atoms with Crippen LogP contribution in [0.3, 0.4) is 0 Å². The number of nitrogens with one attached hydrogen (secondary N) is 1. The molecular formula is C27H39N3O5S. The van der Waals surface area contributed by atoms with Crippen LogP contribution < -0.4 is 14.4 Å². The van der Waals surface area contributed by atoms with Gasteiger partial charge >= 0.3 is 0 Å². The topological polar surface area (TPSA) is 96.0 Å². The van der Waals surface area contributed by atoms with Gasteiger partial charge in [-0.1, -0.05) is 51.1 Å². The molecule has 9 heteroatoms. The molecule has 0 aliphatic carbocycles. The molecule has 0 unspecified atom stereocenters. The van der Waals surface area contributed by atoms with E-state index < -0.39 is 28.5 Å². The zero-order chi connectivity index (χ0) is 26.9. The van der Waals surface area contributed by atoms with Gasteiger partial charge in [0.1, 0.15) is 18.3 Å². The van der Waals surface area contributed by atoms with Crippen LogP contribution in [-0.2, 0) is 32.6 Å². The zero-order valence-corrected chi connectivity index (χ0v) is 23.0. The van der Waals surface area contributed by atoms with Gasteiger partial charge in [-0.05, 0) is 55.5 Å². The number of sulfonamides is 1. The van der Waals surface area contributed by atoms with Gasteiger partial charge in [0.05, 0.1) is 19.1 Å². The second kappa shape index (κ2) is 13.3. The summed E-state index contributed by atoms with van der Waals surface area (Å²) in [6.45, 7) is 7.38.